The first-order chi connectivity index (χ1) is 9.15. The highest BCUT2D eigenvalue weighted by Gasteiger charge is 2.21. The predicted molar refractivity (Wildman–Crippen MR) is 80.2 cm³/mol. The minimum Gasteiger partial charge on any atom is -0.374 e. The molecule has 0 spiro atoms. The fraction of sp³-hybridized carbons (Fsp3) is 0.353. The molecule has 1 heterocycles. The summed E-state index contributed by atoms with van der Waals surface area (Å²) in [6.07, 6.45) is 5.09. The molecular formula is C17H20N2. The molecule has 1 aromatic carbocycles. The molecule has 2 nitrogen and oxygen atoms in total. The molecule has 1 aromatic rings. The Bertz CT molecular complexity index is 549. The van der Waals surface area contributed by atoms with E-state index in [2.05, 4.69) is 55.7 Å². The van der Waals surface area contributed by atoms with Crippen molar-refractivity contribution in [3.05, 3.63) is 47.2 Å². The van der Waals surface area contributed by atoms with E-state index in [1.807, 2.05) is 6.08 Å². The molecule has 1 atom stereocenters. The molecule has 1 saturated heterocycles. The molecule has 0 bridgehead atoms. The first-order valence-electron chi connectivity index (χ1n) is 6.70. The van der Waals surface area contributed by atoms with Crippen LogP contribution in [0.4, 0.5) is 0 Å². The van der Waals surface area contributed by atoms with Crippen molar-refractivity contribution in [2.45, 2.75) is 20.3 Å². The van der Waals surface area contributed by atoms with Gasteiger partial charge < -0.3 is 4.90 Å². The van der Waals surface area contributed by atoms with Crippen LogP contribution in [-0.2, 0) is 0 Å². The molecule has 0 aliphatic carbocycles. The summed E-state index contributed by atoms with van der Waals surface area (Å²) in [5.41, 5.74) is 4.87. The summed E-state index contributed by atoms with van der Waals surface area (Å²) in [7, 11) is 0. The van der Waals surface area contributed by atoms with E-state index in [1.165, 1.54) is 22.4 Å². The van der Waals surface area contributed by atoms with E-state index in [1.54, 1.807) is 0 Å². The minimum absolute atomic E-state index is 0.180. The maximum absolute atomic E-state index is 8.96. The van der Waals surface area contributed by atoms with Crippen molar-refractivity contribution in [1.82, 2.24) is 4.90 Å². The average Bonchev–Trinajstić information content (AvgIpc) is 2.88. The van der Waals surface area contributed by atoms with Crippen LogP contribution in [0.25, 0.3) is 12.2 Å². The highest BCUT2D eigenvalue weighted by atomic mass is 15.2. The van der Waals surface area contributed by atoms with Crippen molar-refractivity contribution in [2.24, 2.45) is 5.92 Å². The molecule has 1 aliphatic heterocycles. The van der Waals surface area contributed by atoms with E-state index >= 15 is 0 Å². The molecule has 1 unspecified atom stereocenters. The zero-order chi connectivity index (χ0) is 13.8. The van der Waals surface area contributed by atoms with Crippen LogP contribution in [0.2, 0.25) is 0 Å². The minimum atomic E-state index is 0.180. The van der Waals surface area contributed by atoms with Gasteiger partial charge in [-0.15, -0.1) is 0 Å². The molecule has 0 amide bonds. The fourth-order valence-electron chi connectivity index (χ4n) is 2.61. The monoisotopic (exact) mass is 252 g/mol. The Labute approximate surface area is 115 Å². The Morgan fingerprint density at radius 3 is 2.95 bits per heavy atom. The Balaban J connectivity index is 2.24. The Hall–Kier alpha value is -2.01. The Kier molecular flexibility index (Phi) is 4.06. The number of aryl methyl sites for hydroxylation is 1. The number of benzene rings is 1. The van der Waals surface area contributed by atoms with Crippen LogP contribution in [-0.4, -0.2) is 18.0 Å². The smallest absolute Gasteiger partial charge is 0.0675 e. The van der Waals surface area contributed by atoms with Crippen molar-refractivity contribution in [3.63, 3.8) is 0 Å². The largest absolute Gasteiger partial charge is 0.374 e. The van der Waals surface area contributed by atoms with Crippen molar-refractivity contribution < 1.29 is 0 Å². The number of hydrogen-bond acceptors (Lipinski definition) is 2. The number of likely N-dealkylation sites (tertiary alicyclic amines) is 1. The highest BCUT2D eigenvalue weighted by Crippen LogP contribution is 2.23. The number of nitrogens with zero attached hydrogens (tertiary/aromatic N) is 2. The van der Waals surface area contributed by atoms with Gasteiger partial charge in [-0.05, 0) is 43.0 Å². The summed E-state index contributed by atoms with van der Waals surface area (Å²) in [5, 5.41) is 8.96. The van der Waals surface area contributed by atoms with Crippen molar-refractivity contribution in [3.8, 4) is 6.07 Å². The highest BCUT2D eigenvalue weighted by molar-refractivity contribution is 5.67. The molecule has 0 radical (unpaired) electrons. The summed E-state index contributed by atoms with van der Waals surface area (Å²) >= 11 is 0. The standard InChI is InChI=1S/C17H20N2/c1-4-17-13(2)6-5-7-16(17)10-14(3)19-9-8-15(11-18)12-19/h4-7,10,15H,1,8-9,12H2,2-3H3/b14-10+. The second-order valence-electron chi connectivity index (χ2n) is 5.13. The molecule has 98 valence electrons. The molecular weight excluding hydrogens is 232 g/mol. The molecule has 1 fully saturated rings. The van der Waals surface area contributed by atoms with Crippen molar-refractivity contribution >= 4 is 12.2 Å². The van der Waals surface area contributed by atoms with Crippen molar-refractivity contribution in [2.75, 3.05) is 13.1 Å². The molecule has 1 aliphatic rings. The number of nitriles is 1. The third-order valence-electron chi connectivity index (χ3n) is 3.80. The van der Waals surface area contributed by atoms with E-state index in [4.69, 9.17) is 5.26 Å². The topological polar surface area (TPSA) is 27.0 Å². The van der Waals surface area contributed by atoms with Crippen LogP contribution in [0.15, 0.2) is 30.5 Å². The van der Waals surface area contributed by atoms with Gasteiger partial charge >= 0.3 is 0 Å². The normalized spacial score (nSPS) is 19.3. The average molecular weight is 252 g/mol. The first kappa shape index (κ1) is 13.4. The van der Waals surface area contributed by atoms with Gasteiger partial charge in [0.2, 0.25) is 0 Å². The zero-order valence-electron chi connectivity index (χ0n) is 11.7. The van der Waals surface area contributed by atoms with Crippen LogP contribution in [0.5, 0.6) is 0 Å². The molecule has 2 heteroatoms. The molecule has 0 N–H and O–H groups in total. The first-order valence-corrected chi connectivity index (χ1v) is 6.70. The summed E-state index contributed by atoms with van der Waals surface area (Å²) in [5.74, 6) is 0.180. The summed E-state index contributed by atoms with van der Waals surface area (Å²) < 4.78 is 0. The Morgan fingerprint density at radius 1 is 1.53 bits per heavy atom. The summed E-state index contributed by atoms with van der Waals surface area (Å²) in [6.45, 7) is 9.96. The van der Waals surface area contributed by atoms with Gasteiger partial charge in [-0.25, -0.2) is 0 Å². The number of allylic oxidation sites excluding steroid dienone is 1. The van der Waals surface area contributed by atoms with Gasteiger partial charge in [-0.3, -0.25) is 0 Å². The van der Waals surface area contributed by atoms with E-state index in [-0.39, 0.29) is 5.92 Å². The number of hydrogen-bond donors (Lipinski definition) is 0. The zero-order valence-corrected chi connectivity index (χ0v) is 11.7. The third kappa shape index (κ3) is 2.88. The molecule has 0 aromatic heterocycles. The SMILES string of the molecule is C=Cc1c(C)cccc1/C=C(\C)N1CCC(C#N)C1. The maximum Gasteiger partial charge on any atom is 0.0675 e. The van der Waals surface area contributed by atoms with Gasteiger partial charge in [0.25, 0.3) is 0 Å². The van der Waals surface area contributed by atoms with Gasteiger partial charge in [-0.1, -0.05) is 30.9 Å². The fourth-order valence-corrected chi connectivity index (χ4v) is 2.61. The quantitative estimate of drug-likeness (QED) is 0.817. The number of rotatable bonds is 3. The third-order valence-corrected chi connectivity index (χ3v) is 3.80. The lowest BCUT2D eigenvalue weighted by atomic mass is 10.0. The lowest BCUT2D eigenvalue weighted by Crippen LogP contribution is -2.17. The molecule has 0 saturated carbocycles. The van der Waals surface area contributed by atoms with E-state index < -0.39 is 0 Å². The van der Waals surface area contributed by atoms with Gasteiger partial charge in [0, 0.05) is 18.8 Å². The van der Waals surface area contributed by atoms with Gasteiger partial charge in [0.15, 0.2) is 0 Å². The maximum atomic E-state index is 8.96. The summed E-state index contributed by atoms with van der Waals surface area (Å²) in [6, 6.07) is 8.65. The predicted octanol–water partition coefficient (Wildman–Crippen LogP) is 3.84. The van der Waals surface area contributed by atoms with E-state index in [0.29, 0.717) is 0 Å². The Morgan fingerprint density at radius 2 is 2.32 bits per heavy atom. The molecule has 2 rings (SSSR count). The van der Waals surface area contributed by atoms with Crippen LogP contribution in [0.3, 0.4) is 0 Å². The molecule has 19 heavy (non-hydrogen) atoms. The van der Waals surface area contributed by atoms with Crippen LogP contribution in [0, 0.1) is 24.2 Å². The lowest BCUT2D eigenvalue weighted by Gasteiger charge is -2.19. The second kappa shape index (κ2) is 5.75. The van der Waals surface area contributed by atoms with E-state index in [0.717, 1.165) is 19.5 Å². The lowest BCUT2D eigenvalue weighted by molar-refractivity contribution is 0.422. The van der Waals surface area contributed by atoms with Gasteiger partial charge in [0.05, 0.1) is 12.0 Å². The van der Waals surface area contributed by atoms with Gasteiger partial charge in [-0.2, -0.15) is 5.26 Å². The van der Waals surface area contributed by atoms with Gasteiger partial charge in [0.1, 0.15) is 0 Å². The van der Waals surface area contributed by atoms with Crippen LogP contribution >= 0.6 is 0 Å². The second-order valence-corrected chi connectivity index (χ2v) is 5.13. The van der Waals surface area contributed by atoms with Crippen LogP contribution < -0.4 is 0 Å². The van der Waals surface area contributed by atoms with Crippen molar-refractivity contribution in [1.29, 1.82) is 5.26 Å². The summed E-state index contributed by atoms with van der Waals surface area (Å²) in [4.78, 5) is 2.29. The van der Waals surface area contributed by atoms with E-state index in [9.17, 15) is 0 Å². The van der Waals surface area contributed by atoms with Crippen LogP contribution in [0.1, 0.15) is 30.0 Å².